The molecular formula is C20H27N. The summed E-state index contributed by atoms with van der Waals surface area (Å²) in [5.74, 6) is 0.645. The molecule has 21 heavy (non-hydrogen) atoms. The third kappa shape index (κ3) is 2.79. The highest BCUT2D eigenvalue weighted by atomic mass is 14.9. The molecule has 1 saturated carbocycles. The summed E-state index contributed by atoms with van der Waals surface area (Å²) in [6.45, 7) is 11.6. The smallest absolute Gasteiger partial charge is 0.0352 e. The van der Waals surface area contributed by atoms with Gasteiger partial charge in [0.25, 0.3) is 0 Å². The number of hydrogen-bond donors (Lipinski definition) is 1. The third-order valence-corrected chi connectivity index (χ3v) is 5.44. The molecule has 112 valence electrons. The summed E-state index contributed by atoms with van der Waals surface area (Å²) in [6, 6.07) is 11.0. The van der Waals surface area contributed by atoms with Gasteiger partial charge in [0.2, 0.25) is 0 Å². The minimum absolute atomic E-state index is 0.258. The van der Waals surface area contributed by atoms with Crippen molar-refractivity contribution in [1.29, 1.82) is 0 Å². The lowest BCUT2D eigenvalue weighted by atomic mass is 9.78. The number of allylic oxidation sites excluding steroid dienone is 2. The second-order valence-corrected chi connectivity index (χ2v) is 7.49. The van der Waals surface area contributed by atoms with E-state index in [1.165, 1.54) is 30.5 Å². The van der Waals surface area contributed by atoms with Crippen LogP contribution in [0, 0.1) is 11.3 Å². The lowest BCUT2D eigenvalue weighted by Crippen LogP contribution is -2.35. The van der Waals surface area contributed by atoms with Gasteiger partial charge in [-0.3, -0.25) is 0 Å². The van der Waals surface area contributed by atoms with Crippen LogP contribution in [0.4, 0.5) is 5.69 Å². The Kier molecular flexibility index (Phi) is 3.69. The SMILES string of the molecule is C=C1CC(Nc2ccccc2)C(C)(C)CC2=C(C)CCC12. The van der Waals surface area contributed by atoms with E-state index in [1.54, 1.807) is 11.1 Å². The molecule has 1 heteroatoms. The van der Waals surface area contributed by atoms with E-state index in [4.69, 9.17) is 0 Å². The van der Waals surface area contributed by atoms with E-state index in [9.17, 15) is 0 Å². The summed E-state index contributed by atoms with van der Waals surface area (Å²) >= 11 is 0. The largest absolute Gasteiger partial charge is 0.381 e. The van der Waals surface area contributed by atoms with Crippen molar-refractivity contribution in [3.8, 4) is 0 Å². The van der Waals surface area contributed by atoms with Crippen LogP contribution >= 0.6 is 0 Å². The lowest BCUT2D eigenvalue weighted by Gasteiger charge is -2.34. The molecule has 0 radical (unpaired) electrons. The van der Waals surface area contributed by atoms with Crippen molar-refractivity contribution in [2.45, 2.75) is 52.5 Å². The van der Waals surface area contributed by atoms with Crippen LogP contribution in [0.15, 0.2) is 53.6 Å². The van der Waals surface area contributed by atoms with Gasteiger partial charge in [-0.1, -0.05) is 55.3 Å². The lowest BCUT2D eigenvalue weighted by molar-refractivity contribution is 0.306. The fraction of sp³-hybridized carbons (Fsp3) is 0.500. The molecule has 1 aromatic carbocycles. The molecule has 2 aliphatic rings. The van der Waals surface area contributed by atoms with E-state index in [-0.39, 0.29) is 5.41 Å². The van der Waals surface area contributed by atoms with E-state index in [1.807, 2.05) is 0 Å². The van der Waals surface area contributed by atoms with Crippen LogP contribution in [0.3, 0.4) is 0 Å². The van der Waals surface area contributed by atoms with Crippen molar-refractivity contribution < 1.29 is 0 Å². The van der Waals surface area contributed by atoms with Gasteiger partial charge >= 0.3 is 0 Å². The molecule has 0 amide bonds. The van der Waals surface area contributed by atoms with Crippen LogP contribution in [0.5, 0.6) is 0 Å². The Labute approximate surface area is 129 Å². The van der Waals surface area contributed by atoms with E-state index in [2.05, 4.69) is 63.0 Å². The first-order valence-corrected chi connectivity index (χ1v) is 8.15. The topological polar surface area (TPSA) is 12.0 Å². The Morgan fingerprint density at radius 2 is 1.90 bits per heavy atom. The molecule has 0 aromatic heterocycles. The predicted molar refractivity (Wildman–Crippen MR) is 91.4 cm³/mol. The highest BCUT2D eigenvalue weighted by Gasteiger charge is 2.39. The van der Waals surface area contributed by atoms with Crippen molar-refractivity contribution >= 4 is 5.69 Å². The molecule has 0 heterocycles. The van der Waals surface area contributed by atoms with Gasteiger partial charge in [0.05, 0.1) is 0 Å². The minimum Gasteiger partial charge on any atom is -0.381 e. The molecule has 0 saturated heterocycles. The molecule has 3 rings (SSSR count). The first-order chi connectivity index (χ1) is 9.97. The normalized spacial score (nSPS) is 28.2. The van der Waals surface area contributed by atoms with Crippen molar-refractivity contribution in [3.63, 3.8) is 0 Å². The van der Waals surface area contributed by atoms with Gasteiger partial charge in [0.15, 0.2) is 0 Å². The molecule has 1 nitrogen and oxygen atoms in total. The number of hydrogen-bond acceptors (Lipinski definition) is 1. The molecule has 2 aliphatic carbocycles. The Hall–Kier alpha value is -1.50. The van der Waals surface area contributed by atoms with Gasteiger partial charge in [0, 0.05) is 17.6 Å². The van der Waals surface area contributed by atoms with Crippen molar-refractivity contribution in [1.82, 2.24) is 0 Å². The summed E-state index contributed by atoms with van der Waals surface area (Å²) in [5.41, 5.74) is 6.22. The number of nitrogens with one attached hydrogen (secondary N) is 1. The third-order valence-electron chi connectivity index (χ3n) is 5.44. The molecule has 1 aromatic rings. The average Bonchev–Trinajstić information content (AvgIpc) is 2.76. The second-order valence-electron chi connectivity index (χ2n) is 7.49. The Morgan fingerprint density at radius 1 is 1.19 bits per heavy atom. The standard InChI is InChI=1S/C20H27N/c1-14-10-11-17-15(2)12-19(20(3,4)13-18(14)17)21-16-8-6-5-7-9-16/h5-9,17,19,21H,2,10-13H2,1,3-4H3. The molecule has 1 N–H and O–H groups in total. The summed E-state index contributed by atoms with van der Waals surface area (Å²) < 4.78 is 0. The maximum Gasteiger partial charge on any atom is 0.0352 e. The Bertz CT molecular complexity index is 565. The fourth-order valence-corrected chi connectivity index (χ4v) is 3.99. The number of fused-ring (bicyclic) bond motifs is 1. The monoisotopic (exact) mass is 281 g/mol. The summed E-state index contributed by atoms with van der Waals surface area (Å²) in [5, 5.41) is 3.76. The highest BCUT2D eigenvalue weighted by Crippen LogP contribution is 2.49. The minimum atomic E-state index is 0.258. The van der Waals surface area contributed by atoms with Crippen molar-refractivity contribution in [2.75, 3.05) is 5.32 Å². The molecule has 0 spiro atoms. The number of benzene rings is 1. The quantitative estimate of drug-likeness (QED) is 0.699. The fourth-order valence-electron chi connectivity index (χ4n) is 3.99. The van der Waals surface area contributed by atoms with Gasteiger partial charge in [-0.15, -0.1) is 0 Å². The molecule has 2 unspecified atom stereocenters. The predicted octanol–water partition coefficient (Wildman–Crippen LogP) is 5.57. The van der Waals surface area contributed by atoms with Gasteiger partial charge in [-0.05, 0) is 50.2 Å². The van der Waals surface area contributed by atoms with Crippen LogP contribution in [0.1, 0.15) is 46.5 Å². The van der Waals surface area contributed by atoms with Crippen LogP contribution in [0.25, 0.3) is 0 Å². The summed E-state index contributed by atoms with van der Waals surface area (Å²) in [7, 11) is 0. The van der Waals surface area contributed by atoms with Crippen LogP contribution in [-0.4, -0.2) is 6.04 Å². The van der Waals surface area contributed by atoms with E-state index < -0.39 is 0 Å². The van der Waals surface area contributed by atoms with Crippen LogP contribution in [0.2, 0.25) is 0 Å². The zero-order chi connectivity index (χ0) is 15.0. The van der Waals surface area contributed by atoms with E-state index >= 15 is 0 Å². The molecule has 2 atom stereocenters. The maximum atomic E-state index is 4.43. The van der Waals surface area contributed by atoms with Gasteiger partial charge in [-0.25, -0.2) is 0 Å². The summed E-state index contributed by atoms with van der Waals surface area (Å²) in [4.78, 5) is 0. The molecule has 0 aliphatic heterocycles. The van der Waals surface area contributed by atoms with Crippen molar-refractivity contribution in [2.24, 2.45) is 11.3 Å². The zero-order valence-corrected chi connectivity index (χ0v) is 13.6. The first kappa shape index (κ1) is 14.4. The highest BCUT2D eigenvalue weighted by molar-refractivity contribution is 5.45. The summed E-state index contributed by atoms with van der Waals surface area (Å²) in [6.07, 6.45) is 4.84. The van der Waals surface area contributed by atoms with E-state index in [0.29, 0.717) is 12.0 Å². The molecular weight excluding hydrogens is 254 g/mol. The number of para-hydroxylation sites is 1. The van der Waals surface area contributed by atoms with E-state index in [0.717, 1.165) is 6.42 Å². The Balaban J connectivity index is 1.88. The average molecular weight is 281 g/mol. The Morgan fingerprint density at radius 3 is 2.62 bits per heavy atom. The first-order valence-electron chi connectivity index (χ1n) is 8.15. The zero-order valence-electron chi connectivity index (χ0n) is 13.6. The number of rotatable bonds is 2. The molecule has 1 fully saturated rings. The van der Waals surface area contributed by atoms with Crippen LogP contribution < -0.4 is 5.32 Å². The number of anilines is 1. The second kappa shape index (κ2) is 5.36. The van der Waals surface area contributed by atoms with Crippen molar-refractivity contribution in [3.05, 3.63) is 53.6 Å². The van der Waals surface area contributed by atoms with Gasteiger partial charge in [-0.2, -0.15) is 0 Å². The molecule has 0 bridgehead atoms. The maximum absolute atomic E-state index is 4.43. The van der Waals surface area contributed by atoms with Crippen LogP contribution in [-0.2, 0) is 0 Å². The van der Waals surface area contributed by atoms with Gasteiger partial charge < -0.3 is 5.32 Å². The van der Waals surface area contributed by atoms with Gasteiger partial charge in [0.1, 0.15) is 0 Å².